The second kappa shape index (κ2) is 19.8. The molecule has 4 atom stereocenters. The van der Waals surface area contributed by atoms with Crippen molar-refractivity contribution >= 4 is 40.5 Å². The van der Waals surface area contributed by atoms with Crippen LogP contribution in [-0.2, 0) is 48.1 Å². The van der Waals surface area contributed by atoms with Crippen molar-refractivity contribution in [1.29, 1.82) is 0 Å². The molecule has 0 saturated carbocycles. The number of β-amino-alcohol motifs (C(OH)–C–C–N with tert-alkyl or cyclic N) is 1. The molecule has 350 valence electrons. The second-order valence-electron chi connectivity index (χ2n) is 19.3. The third-order valence-electron chi connectivity index (χ3n) is 12.8. The van der Waals surface area contributed by atoms with Crippen LogP contribution in [0.3, 0.4) is 0 Å². The van der Waals surface area contributed by atoms with Crippen molar-refractivity contribution in [2.45, 2.75) is 97.0 Å². The minimum atomic E-state index is -1.94. The van der Waals surface area contributed by atoms with Gasteiger partial charge >= 0.3 is 5.97 Å². The third-order valence-corrected chi connectivity index (χ3v) is 12.8. The van der Waals surface area contributed by atoms with Gasteiger partial charge in [-0.2, -0.15) is 0 Å². The Labute approximate surface area is 387 Å². The number of fused-ring (bicyclic) bond motifs is 6. The van der Waals surface area contributed by atoms with E-state index in [1.54, 1.807) is 13.8 Å². The largest absolute Gasteiger partial charge is 0.464 e. The summed E-state index contributed by atoms with van der Waals surface area (Å²) >= 11 is 0. The predicted octanol–water partition coefficient (Wildman–Crippen LogP) is 3.45. The Bertz CT molecular complexity index is 2540. The van der Waals surface area contributed by atoms with E-state index >= 15 is 0 Å². The van der Waals surface area contributed by atoms with Crippen molar-refractivity contribution in [2.75, 3.05) is 53.9 Å². The number of aromatic nitrogens is 3. The number of cyclic esters (lactones) is 1. The summed E-state index contributed by atoms with van der Waals surface area (Å²) in [5, 5.41) is 17.1. The zero-order valence-corrected chi connectivity index (χ0v) is 39.4. The van der Waals surface area contributed by atoms with Crippen molar-refractivity contribution in [2.24, 2.45) is 11.3 Å². The highest BCUT2D eigenvalue weighted by molar-refractivity contribution is 5.98. The lowest BCUT2D eigenvalue weighted by molar-refractivity contribution is -0.156. The highest BCUT2D eigenvalue weighted by Crippen LogP contribution is 2.40. The summed E-state index contributed by atoms with van der Waals surface area (Å²) < 4.78 is 8.33. The van der Waals surface area contributed by atoms with E-state index in [0.29, 0.717) is 32.4 Å². The van der Waals surface area contributed by atoms with Crippen molar-refractivity contribution in [3.8, 4) is 34.2 Å². The van der Waals surface area contributed by atoms with E-state index in [4.69, 9.17) is 4.74 Å². The van der Waals surface area contributed by atoms with Crippen LogP contribution < -0.4 is 10.7 Å². The maximum absolute atomic E-state index is 14.7. The van der Waals surface area contributed by atoms with Gasteiger partial charge in [-0.3, -0.25) is 33.9 Å². The van der Waals surface area contributed by atoms with Crippen molar-refractivity contribution < 1.29 is 33.8 Å². The van der Waals surface area contributed by atoms with E-state index in [9.17, 15) is 29.1 Å². The topological polar surface area (TPSA) is 183 Å². The smallest absolute Gasteiger partial charge is 0.324 e. The highest BCUT2D eigenvalue weighted by atomic mass is 16.5. The molecule has 2 fully saturated rings. The molecular formula is C50H63N9O7. The monoisotopic (exact) mass is 901 g/mol. The van der Waals surface area contributed by atoms with Crippen LogP contribution in [0, 0.1) is 23.2 Å². The van der Waals surface area contributed by atoms with Crippen LogP contribution in [0.1, 0.15) is 65.0 Å². The molecule has 2 aromatic heterocycles. The van der Waals surface area contributed by atoms with Gasteiger partial charge < -0.3 is 29.5 Å². The number of esters is 1. The minimum Gasteiger partial charge on any atom is -0.464 e. The summed E-state index contributed by atoms with van der Waals surface area (Å²) in [5.74, 6) is 2.22. The zero-order valence-electron chi connectivity index (χ0n) is 39.4. The first-order chi connectivity index (χ1) is 31.4. The van der Waals surface area contributed by atoms with Crippen molar-refractivity contribution in [3.05, 3.63) is 72.3 Å². The lowest BCUT2D eigenvalue weighted by Gasteiger charge is -2.37. The molecule has 4 aromatic rings. The van der Waals surface area contributed by atoms with Gasteiger partial charge in [0.25, 0.3) is 17.7 Å². The normalized spacial score (nSPS) is 21.5. The van der Waals surface area contributed by atoms with Gasteiger partial charge in [-0.05, 0) is 86.5 Å². The average Bonchev–Trinajstić information content (AvgIpc) is 3.85. The van der Waals surface area contributed by atoms with E-state index in [0.717, 1.165) is 44.4 Å². The molecule has 2 aromatic carbocycles. The second-order valence-corrected chi connectivity index (χ2v) is 19.3. The van der Waals surface area contributed by atoms with Gasteiger partial charge in [-0.25, -0.2) is 15.4 Å². The summed E-state index contributed by atoms with van der Waals surface area (Å²) in [6, 6.07) is 11.3. The molecule has 16 heteroatoms. The van der Waals surface area contributed by atoms with Crippen LogP contribution in [0.25, 0.3) is 33.3 Å². The third kappa shape index (κ3) is 10.3. The van der Waals surface area contributed by atoms with Crippen molar-refractivity contribution in [1.82, 2.24) is 45.0 Å². The number of benzene rings is 2. The fourth-order valence-corrected chi connectivity index (χ4v) is 9.51. The maximum atomic E-state index is 14.7. The number of nitrogens with one attached hydrogen (secondary N) is 2. The number of ether oxygens (including phenoxy) is 1. The molecule has 3 aliphatic heterocycles. The average molecular weight is 902 g/mol. The summed E-state index contributed by atoms with van der Waals surface area (Å²) in [6.07, 6.45) is 6.79. The first-order valence-electron chi connectivity index (χ1n) is 22.9. The summed E-state index contributed by atoms with van der Waals surface area (Å²) in [6.45, 7) is 11.2. The Morgan fingerprint density at radius 3 is 2.48 bits per heavy atom. The quantitative estimate of drug-likeness (QED) is 0.174. The molecule has 16 nitrogen and oxygen atoms in total. The van der Waals surface area contributed by atoms with Crippen LogP contribution in [-0.4, -0.2) is 147 Å². The van der Waals surface area contributed by atoms with Crippen LogP contribution in [0.15, 0.2) is 61.2 Å². The van der Waals surface area contributed by atoms with E-state index < -0.39 is 64.7 Å². The number of aryl methyl sites for hydroxylation is 1. The van der Waals surface area contributed by atoms with Gasteiger partial charge in [0.2, 0.25) is 5.91 Å². The lowest BCUT2D eigenvalue weighted by Crippen LogP contribution is -2.63. The standard InChI is InChI=1S/C50H63N9O7/c1-9-58-41-18-17-35-25-37(41)38(44(58)36-27-51-31-52-28-36)26-49(4,5)30-66-47(63)39-15-11-21-59(54-39)46(62)40(24-33-13-10-14-34(35)23-33)53-45(61)43(32(2)3)56(8)48(64)50(65)19-22-57(29-50)42(60)16-12-20-55(6)7/h10,13-14,17-18,23,25,27-28,31-32,39-40,43,54,65H,9,11,15,19-22,24,26,29-30H2,1-8H3,(H,53,61)/t39-,40-,43-,50+/m0/s1. The first-order valence-corrected chi connectivity index (χ1v) is 22.9. The van der Waals surface area contributed by atoms with Gasteiger partial charge in [0.1, 0.15) is 24.5 Å². The summed E-state index contributed by atoms with van der Waals surface area (Å²) in [7, 11) is 5.12. The molecule has 66 heavy (non-hydrogen) atoms. The van der Waals surface area contributed by atoms with Crippen LogP contribution in [0.2, 0.25) is 0 Å². The Kier molecular flexibility index (Phi) is 14.3. The number of hydrazine groups is 1. The first kappa shape index (κ1) is 47.8. The number of hydrogen-bond donors (Lipinski definition) is 3. The maximum Gasteiger partial charge on any atom is 0.324 e. The molecular weight excluding hydrogens is 839 g/mol. The minimum absolute atomic E-state index is 0.0231. The van der Waals surface area contributed by atoms with Crippen LogP contribution >= 0.6 is 0 Å². The Morgan fingerprint density at radius 2 is 1.77 bits per heavy atom. The summed E-state index contributed by atoms with van der Waals surface area (Å²) in [5.41, 5.74) is 7.38. The number of amides is 4. The fraction of sp³-hybridized carbons (Fsp3) is 0.500. The van der Waals surface area contributed by atoms with Crippen LogP contribution in [0.4, 0.5) is 0 Å². The van der Waals surface area contributed by atoms with E-state index in [-0.39, 0.29) is 39.1 Å². The van der Waals surface area contributed by atoms with Gasteiger partial charge in [0.05, 0.1) is 25.4 Å². The van der Waals surface area contributed by atoms with Gasteiger partial charge in [-0.15, -0.1) is 0 Å². The van der Waals surface area contributed by atoms with E-state index in [2.05, 4.69) is 76.1 Å². The van der Waals surface area contributed by atoms with Crippen LogP contribution in [0.5, 0.6) is 0 Å². The molecule has 2 saturated heterocycles. The molecule has 0 unspecified atom stereocenters. The molecule has 3 aliphatic rings. The number of hydrogen-bond acceptors (Lipinski definition) is 11. The number of carbonyl (C=O) groups excluding carboxylic acids is 5. The fourth-order valence-electron chi connectivity index (χ4n) is 9.51. The van der Waals surface area contributed by atoms with Gasteiger partial charge in [-0.1, -0.05) is 63.9 Å². The Morgan fingerprint density at radius 1 is 1.03 bits per heavy atom. The Balaban J connectivity index is 1.22. The van der Waals surface area contributed by atoms with E-state index in [1.165, 1.54) is 28.2 Å². The lowest BCUT2D eigenvalue weighted by atomic mass is 9.84. The number of nitrogens with zero attached hydrogens (tertiary/aromatic N) is 7. The molecule has 5 heterocycles. The van der Waals surface area contributed by atoms with Gasteiger partial charge in [0, 0.05) is 73.8 Å². The molecule has 6 bridgehead atoms. The molecule has 3 N–H and O–H groups in total. The SMILES string of the molecule is CCn1c(-c2cncnc2)c2c3cc(ccc31)-c1cccc(c1)C[C@H](NC(=O)[C@H](C(C)C)N(C)C(=O)[C@@]1(O)CCN(C(=O)C#CCN(C)C)C1)C(=O)N1CCC[C@H](N1)C(=O)OCC(C)(C)C2. The number of rotatable bonds is 8. The predicted molar refractivity (Wildman–Crippen MR) is 250 cm³/mol. The Hall–Kier alpha value is -6.15. The zero-order chi connectivity index (χ0) is 47.5. The molecule has 0 radical (unpaired) electrons. The molecule has 4 amide bonds. The highest BCUT2D eigenvalue weighted by Gasteiger charge is 2.48. The van der Waals surface area contributed by atoms with Gasteiger partial charge in [0.15, 0.2) is 5.60 Å². The number of aliphatic hydroxyl groups is 1. The number of likely N-dealkylation sites (tertiary alicyclic amines) is 1. The molecule has 0 spiro atoms. The molecule has 7 rings (SSSR count). The van der Waals surface area contributed by atoms with E-state index in [1.807, 2.05) is 55.7 Å². The summed E-state index contributed by atoms with van der Waals surface area (Å²) in [4.78, 5) is 83.1. The number of likely N-dealkylation sites (N-methyl/N-ethyl adjacent to an activating group) is 1. The van der Waals surface area contributed by atoms with Crippen molar-refractivity contribution in [3.63, 3.8) is 0 Å². The molecule has 0 aliphatic carbocycles. The number of carbonyl (C=O) groups is 5.